The molecule has 0 radical (unpaired) electrons. The number of aliphatic hydroxyl groups is 1. The van der Waals surface area contributed by atoms with Gasteiger partial charge in [-0.2, -0.15) is 0 Å². The molecule has 0 spiro atoms. The van der Waals surface area contributed by atoms with Crippen molar-refractivity contribution in [2.24, 2.45) is 0 Å². The van der Waals surface area contributed by atoms with Gasteiger partial charge in [0.05, 0.1) is 24.5 Å². The molecule has 0 aliphatic heterocycles. The van der Waals surface area contributed by atoms with Crippen LogP contribution in [0.3, 0.4) is 0 Å². The molecule has 1 unspecified atom stereocenters. The first-order valence-corrected chi connectivity index (χ1v) is 7.51. The maximum atomic E-state index is 10.2. The van der Waals surface area contributed by atoms with E-state index in [2.05, 4.69) is 27.4 Å². The lowest BCUT2D eigenvalue weighted by Crippen LogP contribution is -2.06. The lowest BCUT2D eigenvalue weighted by atomic mass is 9.92. The van der Waals surface area contributed by atoms with Gasteiger partial charge in [-0.1, -0.05) is 17.4 Å². The van der Waals surface area contributed by atoms with Gasteiger partial charge in [0.15, 0.2) is 0 Å². The summed E-state index contributed by atoms with van der Waals surface area (Å²) in [7, 11) is 0. The maximum absolute atomic E-state index is 10.2. The van der Waals surface area contributed by atoms with Gasteiger partial charge in [0.25, 0.3) is 0 Å². The smallest absolute Gasteiger partial charge is 0.142 e. The Hall–Kier alpha value is -2.21. The Balaban J connectivity index is 1.83. The van der Waals surface area contributed by atoms with Gasteiger partial charge >= 0.3 is 0 Å². The van der Waals surface area contributed by atoms with Crippen molar-refractivity contribution in [3.05, 3.63) is 47.1 Å². The van der Waals surface area contributed by atoms with E-state index in [-0.39, 0.29) is 12.4 Å². The van der Waals surface area contributed by atoms with E-state index in [0.29, 0.717) is 29.3 Å². The van der Waals surface area contributed by atoms with Crippen LogP contribution in [0.5, 0.6) is 5.75 Å². The summed E-state index contributed by atoms with van der Waals surface area (Å²) in [5, 5.41) is 28.0. The predicted octanol–water partition coefficient (Wildman–Crippen LogP) is 2.05. The normalized spacial score (nSPS) is 17.8. The van der Waals surface area contributed by atoms with Crippen LogP contribution < -0.4 is 0 Å². The Kier molecular flexibility index (Phi) is 4.20. The molecule has 0 saturated heterocycles. The Bertz CT molecular complexity index is 693. The van der Waals surface area contributed by atoms with Crippen molar-refractivity contribution in [1.29, 1.82) is 0 Å². The largest absolute Gasteiger partial charge is 0.506 e. The van der Waals surface area contributed by atoms with Gasteiger partial charge in [-0.05, 0) is 26.2 Å². The zero-order valence-corrected chi connectivity index (χ0v) is 12.6. The van der Waals surface area contributed by atoms with E-state index in [1.807, 2.05) is 6.20 Å². The second kappa shape index (κ2) is 6.27. The van der Waals surface area contributed by atoms with Crippen LogP contribution in [0, 0.1) is 6.92 Å². The maximum Gasteiger partial charge on any atom is 0.142 e. The average Bonchev–Trinajstić information content (AvgIpc) is 3.02. The predicted molar refractivity (Wildman–Crippen MR) is 81.4 cm³/mol. The van der Waals surface area contributed by atoms with Crippen molar-refractivity contribution in [1.82, 2.24) is 20.0 Å². The van der Waals surface area contributed by atoms with Crippen LogP contribution in [0.25, 0.3) is 0 Å². The summed E-state index contributed by atoms with van der Waals surface area (Å²) in [5.74, 6) is 0.535. The third kappa shape index (κ3) is 2.87. The van der Waals surface area contributed by atoms with Gasteiger partial charge in [0, 0.05) is 29.4 Å². The Morgan fingerprint density at radius 2 is 2.23 bits per heavy atom. The number of allylic oxidation sites excluding steroid dienone is 2. The lowest BCUT2D eigenvalue weighted by molar-refractivity contribution is 0.278. The molecule has 0 saturated carbocycles. The SMILES string of the molecule is Cc1ncc(CO)c(Cn2cc(C3CC=CCC3)nn2)c1O. The summed E-state index contributed by atoms with van der Waals surface area (Å²) >= 11 is 0. The van der Waals surface area contributed by atoms with Crippen molar-refractivity contribution in [2.45, 2.75) is 45.3 Å². The first-order valence-electron chi connectivity index (χ1n) is 7.51. The van der Waals surface area contributed by atoms with E-state index >= 15 is 0 Å². The third-order valence-electron chi connectivity index (χ3n) is 4.16. The van der Waals surface area contributed by atoms with Crippen molar-refractivity contribution in [2.75, 3.05) is 0 Å². The number of hydrogen-bond donors (Lipinski definition) is 2. The van der Waals surface area contributed by atoms with Gasteiger partial charge < -0.3 is 10.2 Å². The minimum Gasteiger partial charge on any atom is -0.506 e. The van der Waals surface area contributed by atoms with E-state index < -0.39 is 0 Å². The lowest BCUT2D eigenvalue weighted by Gasteiger charge is -2.14. The van der Waals surface area contributed by atoms with Crippen molar-refractivity contribution < 1.29 is 10.2 Å². The summed E-state index contributed by atoms with van der Waals surface area (Å²) in [6, 6.07) is 0. The second-order valence-electron chi connectivity index (χ2n) is 5.68. The minimum atomic E-state index is -0.162. The molecule has 6 heteroatoms. The first kappa shape index (κ1) is 14.7. The number of aryl methyl sites for hydroxylation is 1. The summed E-state index contributed by atoms with van der Waals surface area (Å²) < 4.78 is 1.71. The zero-order valence-electron chi connectivity index (χ0n) is 12.6. The van der Waals surface area contributed by atoms with E-state index in [0.717, 1.165) is 25.0 Å². The molecule has 3 rings (SSSR count). The summed E-state index contributed by atoms with van der Waals surface area (Å²) in [6.07, 6.45) is 11.1. The van der Waals surface area contributed by atoms with Gasteiger partial charge in [-0.15, -0.1) is 5.10 Å². The molecule has 2 N–H and O–H groups in total. The molecule has 116 valence electrons. The zero-order chi connectivity index (χ0) is 15.5. The fourth-order valence-electron chi connectivity index (χ4n) is 2.80. The number of aliphatic hydroxyl groups excluding tert-OH is 1. The average molecular weight is 300 g/mol. The van der Waals surface area contributed by atoms with Crippen molar-refractivity contribution >= 4 is 0 Å². The minimum absolute atomic E-state index is 0.115. The van der Waals surface area contributed by atoms with Crippen LogP contribution in [-0.4, -0.2) is 30.2 Å². The quantitative estimate of drug-likeness (QED) is 0.844. The van der Waals surface area contributed by atoms with Crippen LogP contribution >= 0.6 is 0 Å². The summed E-state index contributed by atoms with van der Waals surface area (Å²) in [5.41, 5.74) is 2.79. The van der Waals surface area contributed by atoms with E-state index in [1.165, 1.54) is 0 Å². The highest BCUT2D eigenvalue weighted by Gasteiger charge is 2.17. The highest BCUT2D eigenvalue weighted by atomic mass is 16.3. The Morgan fingerprint density at radius 1 is 1.36 bits per heavy atom. The Morgan fingerprint density at radius 3 is 2.95 bits per heavy atom. The Labute approximate surface area is 129 Å². The molecule has 0 fully saturated rings. The molecule has 0 aromatic carbocycles. The number of aromatic nitrogens is 4. The van der Waals surface area contributed by atoms with Gasteiger partial charge in [0.1, 0.15) is 5.75 Å². The van der Waals surface area contributed by atoms with Crippen LogP contribution in [-0.2, 0) is 13.2 Å². The van der Waals surface area contributed by atoms with Crippen LogP contribution in [0.1, 0.15) is 47.7 Å². The fraction of sp³-hybridized carbons (Fsp3) is 0.438. The van der Waals surface area contributed by atoms with Crippen LogP contribution in [0.15, 0.2) is 24.5 Å². The molecule has 1 aliphatic carbocycles. The number of pyridine rings is 1. The molecule has 22 heavy (non-hydrogen) atoms. The first-order chi connectivity index (χ1) is 10.7. The van der Waals surface area contributed by atoms with E-state index in [9.17, 15) is 10.2 Å². The number of hydrogen-bond acceptors (Lipinski definition) is 5. The molecule has 2 aromatic rings. The topological polar surface area (TPSA) is 84.1 Å². The molecular weight excluding hydrogens is 280 g/mol. The molecule has 1 aliphatic rings. The summed E-state index contributed by atoms with van der Waals surface area (Å²) in [6.45, 7) is 1.95. The molecule has 2 aromatic heterocycles. The van der Waals surface area contributed by atoms with E-state index in [1.54, 1.807) is 17.8 Å². The monoisotopic (exact) mass is 300 g/mol. The fourth-order valence-corrected chi connectivity index (χ4v) is 2.80. The van der Waals surface area contributed by atoms with E-state index in [4.69, 9.17) is 0 Å². The van der Waals surface area contributed by atoms with Crippen LogP contribution in [0.2, 0.25) is 0 Å². The van der Waals surface area contributed by atoms with Gasteiger partial charge in [-0.3, -0.25) is 4.98 Å². The molecule has 0 amide bonds. The van der Waals surface area contributed by atoms with Gasteiger partial charge in [-0.25, -0.2) is 4.68 Å². The molecule has 1 atom stereocenters. The second-order valence-corrected chi connectivity index (χ2v) is 5.68. The molecule has 2 heterocycles. The molecule has 6 nitrogen and oxygen atoms in total. The van der Waals surface area contributed by atoms with Gasteiger partial charge in [0.2, 0.25) is 0 Å². The number of nitrogens with zero attached hydrogens (tertiary/aromatic N) is 4. The third-order valence-corrected chi connectivity index (χ3v) is 4.16. The number of aromatic hydroxyl groups is 1. The molecular formula is C16H20N4O2. The standard InChI is InChI=1S/C16H20N4O2/c1-11-16(22)14(13(10-21)7-17-11)8-20-9-15(18-19-20)12-5-3-2-4-6-12/h2-3,7,9,12,21-22H,4-6,8,10H2,1H3. The highest BCUT2D eigenvalue weighted by Crippen LogP contribution is 2.28. The van der Waals surface area contributed by atoms with Crippen molar-refractivity contribution in [3.63, 3.8) is 0 Å². The number of rotatable bonds is 4. The molecule has 0 bridgehead atoms. The highest BCUT2D eigenvalue weighted by molar-refractivity contribution is 5.40. The van der Waals surface area contributed by atoms with Crippen molar-refractivity contribution in [3.8, 4) is 5.75 Å². The summed E-state index contributed by atoms with van der Waals surface area (Å²) in [4.78, 5) is 4.07. The van der Waals surface area contributed by atoms with Crippen LogP contribution in [0.4, 0.5) is 0 Å².